The highest BCUT2D eigenvalue weighted by Gasteiger charge is 2.31. The standard InChI is InChI=1S/C24H23ClF3N3O3S/c1-16-21(29-23(34-16)19-7-2-3-8-20(19)25)14-35(33)15-22(32)31-11-9-30(10-12-31)18-6-4-5-17(13-18)24(26,27)28/h2-8,13H,9-12,14-15H2,1H3/t35-/m0/s1. The van der Waals surface area contributed by atoms with Gasteiger partial charge in [0.2, 0.25) is 11.8 Å². The number of alkyl halides is 3. The lowest BCUT2D eigenvalue weighted by atomic mass is 10.1. The molecule has 6 nitrogen and oxygen atoms in total. The van der Waals surface area contributed by atoms with E-state index in [2.05, 4.69) is 4.98 Å². The van der Waals surface area contributed by atoms with Gasteiger partial charge in [-0.3, -0.25) is 9.00 Å². The quantitative estimate of drug-likeness (QED) is 0.457. The Bertz CT molecular complexity index is 1240. The number of aryl methyl sites for hydroxylation is 1. The van der Waals surface area contributed by atoms with Crippen molar-refractivity contribution in [2.75, 3.05) is 36.8 Å². The van der Waals surface area contributed by atoms with Crippen molar-refractivity contribution in [1.82, 2.24) is 9.88 Å². The molecule has 35 heavy (non-hydrogen) atoms. The van der Waals surface area contributed by atoms with E-state index in [1.54, 1.807) is 36.1 Å². The molecule has 1 amide bonds. The zero-order chi connectivity index (χ0) is 25.2. The number of benzene rings is 2. The van der Waals surface area contributed by atoms with Crippen molar-refractivity contribution in [2.24, 2.45) is 0 Å². The van der Waals surface area contributed by atoms with Crippen LogP contribution >= 0.6 is 11.6 Å². The first kappa shape index (κ1) is 25.2. The highest BCUT2D eigenvalue weighted by atomic mass is 35.5. The van der Waals surface area contributed by atoms with E-state index in [0.717, 1.165) is 12.1 Å². The van der Waals surface area contributed by atoms with Gasteiger partial charge in [0, 0.05) is 42.7 Å². The van der Waals surface area contributed by atoms with E-state index in [1.165, 1.54) is 6.07 Å². The third-order valence-electron chi connectivity index (χ3n) is 5.75. The minimum absolute atomic E-state index is 0.0652. The molecule has 0 spiro atoms. The van der Waals surface area contributed by atoms with E-state index < -0.39 is 22.5 Å². The lowest BCUT2D eigenvalue weighted by Crippen LogP contribution is -2.50. The van der Waals surface area contributed by atoms with Gasteiger partial charge in [0.25, 0.3) is 0 Å². The molecule has 2 heterocycles. The summed E-state index contributed by atoms with van der Waals surface area (Å²) in [4.78, 5) is 20.5. The van der Waals surface area contributed by atoms with Crippen LogP contribution in [-0.2, 0) is 27.5 Å². The Morgan fingerprint density at radius 1 is 1.11 bits per heavy atom. The Balaban J connectivity index is 1.32. The SMILES string of the molecule is Cc1oc(-c2ccccc2Cl)nc1C[S@](=O)CC(=O)N1CCN(c2cccc(C(F)(F)F)c2)CC1. The monoisotopic (exact) mass is 525 g/mol. The third kappa shape index (κ3) is 6.05. The van der Waals surface area contributed by atoms with Gasteiger partial charge in [-0.2, -0.15) is 13.2 Å². The molecule has 1 atom stereocenters. The second-order valence-corrected chi connectivity index (χ2v) is 10.0. The highest BCUT2D eigenvalue weighted by molar-refractivity contribution is 7.84. The number of oxazole rings is 1. The first-order valence-corrected chi connectivity index (χ1v) is 12.7. The summed E-state index contributed by atoms with van der Waals surface area (Å²) in [5, 5.41) is 0.487. The Morgan fingerprint density at radius 3 is 2.51 bits per heavy atom. The van der Waals surface area contributed by atoms with Crippen molar-refractivity contribution in [3.8, 4) is 11.5 Å². The molecule has 0 radical (unpaired) electrons. The average molecular weight is 526 g/mol. The largest absolute Gasteiger partial charge is 0.441 e. The number of carbonyl (C=O) groups is 1. The summed E-state index contributed by atoms with van der Waals surface area (Å²) in [5.74, 6) is 0.472. The molecule has 186 valence electrons. The van der Waals surface area contributed by atoms with E-state index in [1.807, 2.05) is 11.0 Å². The molecular formula is C24H23ClF3N3O3S. The predicted octanol–water partition coefficient (Wildman–Crippen LogP) is 4.92. The summed E-state index contributed by atoms with van der Waals surface area (Å²) in [5.41, 5.74) is 0.889. The van der Waals surface area contributed by atoms with Gasteiger partial charge in [-0.25, -0.2) is 4.98 Å². The predicted molar refractivity (Wildman–Crippen MR) is 129 cm³/mol. The molecule has 3 aromatic rings. The fourth-order valence-electron chi connectivity index (χ4n) is 3.84. The number of hydrogen-bond donors (Lipinski definition) is 0. The average Bonchev–Trinajstić information content (AvgIpc) is 3.18. The molecule has 1 saturated heterocycles. The van der Waals surface area contributed by atoms with Crippen molar-refractivity contribution in [2.45, 2.75) is 18.9 Å². The minimum atomic E-state index is -4.41. The van der Waals surface area contributed by atoms with Crippen LogP contribution in [0.3, 0.4) is 0 Å². The first-order valence-electron chi connectivity index (χ1n) is 10.9. The lowest BCUT2D eigenvalue weighted by Gasteiger charge is -2.36. The maximum Gasteiger partial charge on any atom is 0.416 e. The number of aromatic nitrogens is 1. The van der Waals surface area contributed by atoms with Crippen LogP contribution in [0.25, 0.3) is 11.5 Å². The number of carbonyl (C=O) groups excluding carboxylic acids is 1. The van der Waals surface area contributed by atoms with Crippen LogP contribution in [0.4, 0.5) is 18.9 Å². The molecule has 0 aliphatic carbocycles. The van der Waals surface area contributed by atoms with Gasteiger partial charge in [-0.15, -0.1) is 0 Å². The van der Waals surface area contributed by atoms with Crippen LogP contribution in [0.15, 0.2) is 52.9 Å². The van der Waals surface area contributed by atoms with Crippen LogP contribution in [0.2, 0.25) is 5.02 Å². The molecule has 0 unspecified atom stereocenters. The van der Waals surface area contributed by atoms with Gasteiger partial charge in [-0.1, -0.05) is 29.8 Å². The van der Waals surface area contributed by atoms with Crippen molar-refractivity contribution < 1.29 is 26.6 Å². The van der Waals surface area contributed by atoms with Gasteiger partial charge in [0.1, 0.15) is 11.5 Å². The fourth-order valence-corrected chi connectivity index (χ4v) is 5.19. The van der Waals surface area contributed by atoms with Crippen LogP contribution in [-0.4, -0.2) is 51.9 Å². The van der Waals surface area contributed by atoms with E-state index >= 15 is 0 Å². The number of rotatable bonds is 6. The van der Waals surface area contributed by atoms with Crippen molar-refractivity contribution >= 4 is 34.0 Å². The Labute approximate surface area is 208 Å². The molecule has 0 N–H and O–H groups in total. The highest BCUT2D eigenvalue weighted by Crippen LogP contribution is 2.32. The van der Waals surface area contributed by atoms with Crippen LogP contribution in [0, 0.1) is 6.92 Å². The summed E-state index contributed by atoms with van der Waals surface area (Å²) in [6, 6.07) is 12.3. The minimum Gasteiger partial charge on any atom is -0.441 e. The van der Waals surface area contributed by atoms with E-state index in [9.17, 15) is 22.2 Å². The number of amides is 1. The molecule has 0 saturated carbocycles. The summed E-state index contributed by atoms with van der Waals surface area (Å²) in [6.45, 7) is 3.18. The van der Waals surface area contributed by atoms with Gasteiger partial charge < -0.3 is 14.2 Å². The first-order chi connectivity index (χ1) is 16.6. The Morgan fingerprint density at radius 2 is 1.83 bits per heavy atom. The second kappa shape index (κ2) is 10.4. The van der Waals surface area contributed by atoms with Crippen molar-refractivity contribution in [3.05, 3.63) is 70.6 Å². The molecule has 1 aliphatic heterocycles. The molecule has 1 aromatic heterocycles. The molecule has 4 rings (SSSR count). The number of halogens is 4. The van der Waals surface area contributed by atoms with Gasteiger partial charge in [0.05, 0.1) is 27.6 Å². The van der Waals surface area contributed by atoms with E-state index in [0.29, 0.717) is 59.8 Å². The fraction of sp³-hybridized carbons (Fsp3) is 0.333. The van der Waals surface area contributed by atoms with Gasteiger partial charge in [0.15, 0.2) is 0 Å². The van der Waals surface area contributed by atoms with Gasteiger partial charge in [-0.05, 0) is 37.3 Å². The third-order valence-corrected chi connectivity index (χ3v) is 7.24. The van der Waals surface area contributed by atoms with Crippen LogP contribution in [0.5, 0.6) is 0 Å². The molecule has 11 heteroatoms. The maximum atomic E-state index is 13.0. The Kier molecular flexibility index (Phi) is 7.51. The molecule has 0 bridgehead atoms. The van der Waals surface area contributed by atoms with Crippen molar-refractivity contribution in [3.63, 3.8) is 0 Å². The van der Waals surface area contributed by atoms with E-state index in [-0.39, 0.29) is 17.4 Å². The molecule has 2 aromatic carbocycles. The number of nitrogens with zero attached hydrogens (tertiary/aromatic N) is 3. The smallest absolute Gasteiger partial charge is 0.416 e. The summed E-state index contributed by atoms with van der Waals surface area (Å²) in [6.07, 6.45) is -4.41. The molecular weight excluding hydrogens is 503 g/mol. The zero-order valence-corrected chi connectivity index (χ0v) is 20.4. The number of hydrogen-bond acceptors (Lipinski definition) is 5. The number of anilines is 1. The summed E-state index contributed by atoms with van der Waals surface area (Å²) >= 11 is 6.19. The molecule has 1 aliphatic rings. The maximum absolute atomic E-state index is 13.0. The van der Waals surface area contributed by atoms with Crippen LogP contribution in [0.1, 0.15) is 17.0 Å². The van der Waals surface area contributed by atoms with Crippen molar-refractivity contribution in [1.29, 1.82) is 0 Å². The topological polar surface area (TPSA) is 66.7 Å². The van der Waals surface area contributed by atoms with Gasteiger partial charge >= 0.3 is 6.18 Å². The number of piperazine rings is 1. The summed E-state index contributed by atoms with van der Waals surface area (Å²) < 4.78 is 57.4. The second-order valence-electron chi connectivity index (χ2n) is 8.15. The lowest BCUT2D eigenvalue weighted by molar-refractivity contribution is -0.137. The molecule has 1 fully saturated rings. The normalized spacial score (nSPS) is 15.3. The van der Waals surface area contributed by atoms with Crippen LogP contribution < -0.4 is 4.90 Å². The zero-order valence-electron chi connectivity index (χ0n) is 18.8. The van der Waals surface area contributed by atoms with E-state index in [4.69, 9.17) is 16.0 Å². The summed E-state index contributed by atoms with van der Waals surface area (Å²) in [7, 11) is -1.50. The Hall–Kier alpha value is -2.85.